The molecule has 0 N–H and O–H groups in total. The average Bonchev–Trinajstić information content (AvgIpc) is 2.28. The maximum absolute atomic E-state index is 12.5. The van der Waals surface area contributed by atoms with Gasteiger partial charge in [0.05, 0.1) is 0 Å². The van der Waals surface area contributed by atoms with Gasteiger partial charge in [-0.05, 0) is 33.6 Å². The normalized spacial score (nSPS) is 24.2. The van der Waals surface area contributed by atoms with Gasteiger partial charge >= 0.3 is 0 Å². The third-order valence-electron chi connectivity index (χ3n) is 3.56. The summed E-state index contributed by atoms with van der Waals surface area (Å²) in [5.41, 5.74) is -0.558. The van der Waals surface area contributed by atoms with Gasteiger partial charge in [-0.3, -0.25) is 0 Å². The lowest BCUT2D eigenvalue weighted by atomic mass is 10.1. The molecule has 1 fully saturated rings. The Morgan fingerprint density at radius 2 is 2.00 bits per heavy atom. The fourth-order valence-electron chi connectivity index (χ4n) is 1.97. The molecule has 0 spiro atoms. The van der Waals surface area contributed by atoms with Gasteiger partial charge < -0.3 is 0 Å². The van der Waals surface area contributed by atoms with Crippen molar-refractivity contribution >= 4 is 21.8 Å². The number of nitrogens with zero attached hydrogens (tertiary/aromatic N) is 2. The Morgan fingerprint density at radius 3 is 2.47 bits per heavy atom. The van der Waals surface area contributed by atoms with E-state index in [0.29, 0.717) is 6.54 Å². The number of alkyl halides is 1. The zero-order valence-corrected chi connectivity index (χ0v) is 12.7. The molecule has 1 rings (SSSR count). The van der Waals surface area contributed by atoms with Crippen LogP contribution >= 0.6 is 11.6 Å². The molecular formula is C11H23ClN2O2S. The third kappa shape index (κ3) is 3.13. The molecule has 1 saturated heterocycles. The van der Waals surface area contributed by atoms with Gasteiger partial charge in [0.25, 0.3) is 10.2 Å². The summed E-state index contributed by atoms with van der Waals surface area (Å²) >= 11 is 5.84. The first-order valence-electron chi connectivity index (χ1n) is 6.05. The minimum atomic E-state index is -3.40. The van der Waals surface area contributed by atoms with Crippen LogP contribution in [0.5, 0.6) is 0 Å². The first-order valence-corrected chi connectivity index (χ1v) is 7.98. The molecule has 1 heterocycles. The Hall–Kier alpha value is 0.160. The topological polar surface area (TPSA) is 40.6 Å². The molecule has 0 amide bonds. The summed E-state index contributed by atoms with van der Waals surface area (Å²) in [7, 11) is -1.79. The van der Waals surface area contributed by atoms with Crippen LogP contribution in [0.15, 0.2) is 0 Å². The van der Waals surface area contributed by atoms with Gasteiger partial charge in [0, 0.05) is 31.1 Å². The summed E-state index contributed by atoms with van der Waals surface area (Å²) in [4.78, 5) is 0. The van der Waals surface area contributed by atoms with E-state index in [1.807, 2.05) is 20.8 Å². The molecule has 102 valence electrons. The molecule has 1 aliphatic heterocycles. The third-order valence-corrected chi connectivity index (χ3v) is 6.54. The van der Waals surface area contributed by atoms with Crippen molar-refractivity contribution < 1.29 is 8.42 Å². The van der Waals surface area contributed by atoms with Crippen LogP contribution in [0, 0.1) is 0 Å². The quantitative estimate of drug-likeness (QED) is 0.741. The molecule has 0 aromatic rings. The summed E-state index contributed by atoms with van der Waals surface area (Å²) < 4.78 is 28.0. The molecule has 4 nitrogen and oxygen atoms in total. The summed E-state index contributed by atoms with van der Waals surface area (Å²) in [5.74, 6) is 0.283. The fourth-order valence-corrected chi connectivity index (χ4v) is 4.14. The van der Waals surface area contributed by atoms with Gasteiger partial charge in [0.15, 0.2) is 0 Å². The van der Waals surface area contributed by atoms with Gasteiger partial charge in [-0.1, -0.05) is 6.42 Å². The fraction of sp³-hybridized carbons (Fsp3) is 1.00. The van der Waals surface area contributed by atoms with Crippen LogP contribution in [-0.4, -0.2) is 48.1 Å². The SMILES string of the molecule is CC1CCCCN1S(=O)(=O)N(C)C(C)(C)CCl. The van der Waals surface area contributed by atoms with Crippen molar-refractivity contribution in [3.63, 3.8) is 0 Å². The number of piperidine rings is 1. The summed E-state index contributed by atoms with van der Waals surface area (Å²) in [6.07, 6.45) is 2.99. The van der Waals surface area contributed by atoms with Crippen LogP contribution in [0.2, 0.25) is 0 Å². The van der Waals surface area contributed by atoms with Crippen LogP contribution in [0.4, 0.5) is 0 Å². The second-order valence-corrected chi connectivity index (χ2v) is 7.56. The van der Waals surface area contributed by atoms with Gasteiger partial charge in [-0.2, -0.15) is 17.0 Å². The summed E-state index contributed by atoms with van der Waals surface area (Å²) in [6.45, 7) is 6.27. The largest absolute Gasteiger partial charge is 0.282 e. The van der Waals surface area contributed by atoms with Crippen molar-refractivity contribution in [3.8, 4) is 0 Å². The van der Waals surface area contributed by atoms with Crippen molar-refractivity contribution in [3.05, 3.63) is 0 Å². The first kappa shape index (κ1) is 15.2. The zero-order chi connectivity index (χ0) is 13.3. The highest BCUT2D eigenvalue weighted by Crippen LogP contribution is 2.26. The molecule has 0 aromatic carbocycles. The molecule has 1 atom stereocenters. The Balaban J connectivity index is 2.94. The second-order valence-electron chi connectivity index (χ2n) is 5.38. The lowest BCUT2D eigenvalue weighted by molar-refractivity contribution is 0.219. The van der Waals surface area contributed by atoms with E-state index < -0.39 is 15.7 Å². The molecule has 0 bridgehead atoms. The Bertz CT molecular complexity index is 348. The average molecular weight is 283 g/mol. The Labute approximate surface area is 110 Å². The van der Waals surface area contributed by atoms with E-state index >= 15 is 0 Å². The van der Waals surface area contributed by atoms with Crippen molar-refractivity contribution in [1.82, 2.24) is 8.61 Å². The molecule has 0 radical (unpaired) electrons. The van der Waals surface area contributed by atoms with E-state index in [4.69, 9.17) is 11.6 Å². The Morgan fingerprint density at radius 1 is 1.41 bits per heavy atom. The highest BCUT2D eigenvalue weighted by Gasteiger charge is 2.39. The molecule has 0 aromatic heterocycles. The van der Waals surface area contributed by atoms with E-state index in [-0.39, 0.29) is 11.9 Å². The lowest BCUT2D eigenvalue weighted by Crippen LogP contribution is -2.55. The lowest BCUT2D eigenvalue weighted by Gasteiger charge is -2.40. The minimum Gasteiger partial charge on any atom is -0.195 e. The van der Waals surface area contributed by atoms with Crippen LogP contribution in [-0.2, 0) is 10.2 Å². The highest BCUT2D eigenvalue weighted by molar-refractivity contribution is 7.86. The number of rotatable bonds is 4. The zero-order valence-electron chi connectivity index (χ0n) is 11.1. The Kier molecular flexibility index (Phi) is 4.86. The standard InChI is InChI=1S/C11H23ClN2O2S/c1-10-7-5-6-8-14(10)17(15,16)13(4)11(2,3)9-12/h10H,5-9H2,1-4H3. The molecule has 1 unspecified atom stereocenters. The number of hydrogen-bond acceptors (Lipinski definition) is 2. The van der Waals surface area contributed by atoms with Crippen molar-refractivity contribution in [2.45, 2.75) is 51.6 Å². The van der Waals surface area contributed by atoms with E-state index in [0.717, 1.165) is 19.3 Å². The van der Waals surface area contributed by atoms with Crippen molar-refractivity contribution in [2.24, 2.45) is 0 Å². The number of hydrogen-bond donors (Lipinski definition) is 0. The first-order chi connectivity index (χ1) is 7.73. The monoisotopic (exact) mass is 282 g/mol. The van der Waals surface area contributed by atoms with Crippen molar-refractivity contribution in [2.75, 3.05) is 19.5 Å². The maximum Gasteiger partial charge on any atom is 0.282 e. The van der Waals surface area contributed by atoms with Gasteiger partial charge in [-0.15, -0.1) is 11.6 Å². The van der Waals surface area contributed by atoms with E-state index in [9.17, 15) is 8.42 Å². The summed E-state index contributed by atoms with van der Waals surface area (Å²) in [5, 5.41) is 0. The van der Waals surface area contributed by atoms with Gasteiger partial charge in [0.1, 0.15) is 0 Å². The van der Waals surface area contributed by atoms with E-state index in [1.165, 1.54) is 4.31 Å². The van der Waals surface area contributed by atoms with Gasteiger partial charge in [-0.25, -0.2) is 0 Å². The van der Waals surface area contributed by atoms with Gasteiger partial charge in [0.2, 0.25) is 0 Å². The molecule has 0 saturated carbocycles. The van der Waals surface area contributed by atoms with Crippen LogP contribution in [0.25, 0.3) is 0 Å². The smallest absolute Gasteiger partial charge is 0.195 e. The van der Waals surface area contributed by atoms with Crippen LogP contribution in [0.3, 0.4) is 0 Å². The van der Waals surface area contributed by atoms with E-state index in [2.05, 4.69) is 0 Å². The predicted octanol–water partition coefficient (Wildman–Crippen LogP) is 2.05. The second kappa shape index (κ2) is 5.43. The summed E-state index contributed by atoms with van der Waals surface area (Å²) in [6, 6.07) is 0.0855. The van der Waals surface area contributed by atoms with Crippen LogP contribution in [0.1, 0.15) is 40.0 Å². The van der Waals surface area contributed by atoms with Crippen molar-refractivity contribution in [1.29, 1.82) is 0 Å². The van der Waals surface area contributed by atoms with E-state index in [1.54, 1.807) is 11.4 Å². The molecule has 6 heteroatoms. The predicted molar refractivity (Wildman–Crippen MR) is 71.5 cm³/mol. The molecule has 1 aliphatic rings. The minimum absolute atomic E-state index is 0.0855. The number of halogens is 1. The molecule has 17 heavy (non-hydrogen) atoms. The maximum atomic E-state index is 12.5. The molecule has 0 aliphatic carbocycles. The molecular weight excluding hydrogens is 260 g/mol. The van der Waals surface area contributed by atoms with Crippen LogP contribution < -0.4 is 0 Å². The highest BCUT2D eigenvalue weighted by atomic mass is 35.5.